The van der Waals surface area contributed by atoms with Gasteiger partial charge in [0.2, 0.25) is 0 Å². The summed E-state index contributed by atoms with van der Waals surface area (Å²) in [6, 6.07) is 7.69. The van der Waals surface area contributed by atoms with Gasteiger partial charge < -0.3 is 9.90 Å². The van der Waals surface area contributed by atoms with E-state index in [4.69, 9.17) is 0 Å². The molecule has 14 heavy (non-hydrogen) atoms. The fourth-order valence-corrected chi connectivity index (χ4v) is 0.924. The predicted molar refractivity (Wildman–Crippen MR) is 40.1 cm³/mol. The summed E-state index contributed by atoms with van der Waals surface area (Å²) in [6.45, 7) is 0. The average Bonchev–Trinajstić information content (AvgIpc) is 2.05. The molecule has 1 aromatic rings. The van der Waals surface area contributed by atoms with Crippen LogP contribution in [0.25, 0.3) is 0 Å². The first-order valence-electron chi connectivity index (χ1n) is 3.65. The Morgan fingerprint density at radius 2 is 1.79 bits per heavy atom. The molecule has 0 bridgehead atoms. The van der Waals surface area contributed by atoms with Crippen LogP contribution in [0, 0.1) is 0 Å². The molecule has 5 heteroatoms. The number of carboxylic acids is 1. The van der Waals surface area contributed by atoms with Gasteiger partial charge >= 0.3 is 29.6 Å². The Labute approximate surface area is 102 Å². The molecule has 0 aliphatic rings. The third-order valence-electron chi connectivity index (χ3n) is 1.57. The van der Waals surface area contributed by atoms with Gasteiger partial charge in [-0.25, -0.2) is 0 Å². The smallest absolute Gasteiger partial charge is 0.544 e. The van der Waals surface area contributed by atoms with Crippen molar-refractivity contribution in [3.8, 4) is 0 Å². The summed E-state index contributed by atoms with van der Waals surface area (Å²) in [7, 11) is 0. The number of halogens is 2. The summed E-state index contributed by atoms with van der Waals surface area (Å²) in [5.74, 6) is -6.13. The topological polar surface area (TPSA) is 40.1 Å². The van der Waals surface area contributed by atoms with E-state index in [1.165, 1.54) is 12.1 Å². The zero-order valence-corrected chi connectivity index (χ0v) is 9.67. The van der Waals surface area contributed by atoms with Gasteiger partial charge in [0.25, 0.3) is 5.92 Å². The molecule has 0 atom stereocenters. The van der Waals surface area contributed by atoms with Gasteiger partial charge in [0.1, 0.15) is 5.97 Å². The van der Waals surface area contributed by atoms with Crippen LogP contribution in [0.1, 0.15) is 5.56 Å². The second-order valence-corrected chi connectivity index (χ2v) is 2.65. The molecule has 0 saturated carbocycles. The minimum absolute atomic E-state index is 0. The van der Waals surface area contributed by atoms with Gasteiger partial charge in [0, 0.05) is 6.42 Å². The second kappa shape index (κ2) is 5.44. The van der Waals surface area contributed by atoms with Gasteiger partial charge in [-0.1, -0.05) is 30.3 Å². The SMILES string of the molecule is O=C([O-])C(F)(F)Cc1ccccc1.[Na+]. The second-order valence-electron chi connectivity index (χ2n) is 2.65. The number of hydrogen-bond acceptors (Lipinski definition) is 2. The molecule has 0 fully saturated rings. The Morgan fingerprint density at radius 1 is 1.29 bits per heavy atom. The first-order chi connectivity index (χ1) is 6.02. The third kappa shape index (κ3) is 3.74. The normalized spacial score (nSPS) is 10.4. The molecule has 0 N–H and O–H groups in total. The zero-order valence-electron chi connectivity index (χ0n) is 7.67. The summed E-state index contributed by atoms with van der Waals surface area (Å²) in [6.07, 6.45) is -0.823. The molecule has 70 valence electrons. The fourth-order valence-electron chi connectivity index (χ4n) is 0.924. The Balaban J connectivity index is 0.00000169. The van der Waals surface area contributed by atoms with Gasteiger partial charge in [-0.15, -0.1) is 0 Å². The molecule has 2 nitrogen and oxygen atoms in total. The van der Waals surface area contributed by atoms with Crippen LogP contribution in [0.15, 0.2) is 30.3 Å². The Morgan fingerprint density at radius 3 is 2.21 bits per heavy atom. The van der Waals surface area contributed by atoms with E-state index in [9.17, 15) is 18.7 Å². The van der Waals surface area contributed by atoms with E-state index < -0.39 is 18.3 Å². The minimum Gasteiger partial charge on any atom is -0.544 e. The third-order valence-corrected chi connectivity index (χ3v) is 1.57. The van der Waals surface area contributed by atoms with Gasteiger partial charge in [-0.2, -0.15) is 8.78 Å². The molecule has 0 heterocycles. The Hall–Kier alpha value is -0.450. The van der Waals surface area contributed by atoms with Crippen LogP contribution in [0.2, 0.25) is 0 Å². The monoisotopic (exact) mass is 208 g/mol. The number of carbonyl (C=O) groups excluding carboxylic acids is 1. The summed E-state index contributed by atoms with van der Waals surface area (Å²) in [5.41, 5.74) is 0.275. The largest absolute Gasteiger partial charge is 1.00 e. The van der Waals surface area contributed by atoms with Crippen LogP contribution in [0.5, 0.6) is 0 Å². The van der Waals surface area contributed by atoms with E-state index >= 15 is 0 Å². The number of hydrogen-bond donors (Lipinski definition) is 0. The van der Waals surface area contributed by atoms with E-state index in [1.807, 2.05) is 0 Å². The van der Waals surface area contributed by atoms with Crippen LogP contribution in [-0.2, 0) is 11.2 Å². The first kappa shape index (κ1) is 13.5. The van der Waals surface area contributed by atoms with Crippen molar-refractivity contribution in [1.82, 2.24) is 0 Å². The van der Waals surface area contributed by atoms with E-state index in [0.717, 1.165) is 0 Å². The molecule has 0 saturated heterocycles. The first-order valence-corrected chi connectivity index (χ1v) is 3.65. The standard InChI is InChI=1S/C9H8F2O2.Na/c10-9(11,8(12)13)6-7-4-2-1-3-5-7;/h1-5H,6H2,(H,12,13);/q;+1/p-1. The van der Waals surface area contributed by atoms with Crippen molar-refractivity contribution in [1.29, 1.82) is 0 Å². The molecular formula is C9H7F2NaO2. The maximum absolute atomic E-state index is 12.6. The molecule has 0 aliphatic heterocycles. The number of rotatable bonds is 3. The van der Waals surface area contributed by atoms with Crippen LogP contribution in [0.3, 0.4) is 0 Å². The van der Waals surface area contributed by atoms with Gasteiger partial charge in [0.15, 0.2) is 0 Å². The van der Waals surface area contributed by atoms with Crippen LogP contribution in [0.4, 0.5) is 8.78 Å². The molecule has 1 aromatic carbocycles. The Kier molecular flexibility index (Phi) is 5.26. The maximum Gasteiger partial charge on any atom is 1.00 e. The maximum atomic E-state index is 12.6. The van der Waals surface area contributed by atoms with Crippen molar-refractivity contribution in [2.45, 2.75) is 12.3 Å². The van der Waals surface area contributed by atoms with Crippen LogP contribution >= 0.6 is 0 Å². The molecule has 0 aliphatic carbocycles. The average molecular weight is 208 g/mol. The molecular weight excluding hydrogens is 201 g/mol. The van der Waals surface area contributed by atoms with Crippen molar-refractivity contribution in [2.24, 2.45) is 0 Å². The number of alkyl halides is 2. The number of carbonyl (C=O) groups is 1. The van der Waals surface area contributed by atoms with E-state index in [-0.39, 0.29) is 35.1 Å². The summed E-state index contributed by atoms with van der Waals surface area (Å²) < 4.78 is 25.1. The van der Waals surface area contributed by atoms with Crippen molar-refractivity contribution >= 4 is 5.97 Å². The van der Waals surface area contributed by atoms with Crippen LogP contribution < -0.4 is 34.7 Å². The van der Waals surface area contributed by atoms with E-state index in [0.29, 0.717) is 0 Å². The van der Waals surface area contributed by atoms with Crippen molar-refractivity contribution in [2.75, 3.05) is 0 Å². The summed E-state index contributed by atoms with van der Waals surface area (Å²) >= 11 is 0. The molecule has 0 spiro atoms. The van der Waals surface area contributed by atoms with Crippen LogP contribution in [-0.4, -0.2) is 11.9 Å². The molecule has 0 aromatic heterocycles. The van der Waals surface area contributed by atoms with E-state index in [2.05, 4.69) is 0 Å². The Bertz CT molecular complexity index is 301. The van der Waals surface area contributed by atoms with Gasteiger partial charge in [0.05, 0.1) is 0 Å². The zero-order chi connectivity index (χ0) is 9.90. The van der Waals surface area contributed by atoms with E-state index in [1.54, 1.807) is 18.2 Å². The number of aliphatic carboxylic acids is 1. The van der Waals surface area contributed by atoms with Crippen molar-refractivity contribution in [3.63, 3.8) is 0 Å². The molecule has 1 rings (SSSR count). The molecule has 0 radical (unpaired) electrons. The number of carboxylic acid groups (broad SMARTS) is 1. The quantitative estimate of drug-likeness (QED) is 0.520. The number of benzene rings is 1. The van der Waals surface area contributed by atoms with Gasteiger partial charge in [-0.05, 0) is 5.56 Å². The summed E-state index contributed by atoms with van der Waals surface area (Å²) in [4.78, 5) is 9.96. The van der Waals surface area contributed by atoms with Gasteiger partial charge in [-0.3, -0.25) is 0 Å². The summed E-state index contributed by atoms with van der Waals surface area (Å²) in [5, 5.41) is 9.96. The van der Waals surface area contributed by atoms with Crippen molar-refractivity contribution in [3.05, 3.63) is 35.9 Å². The molecule has 0 unspecified atom stereocenters. The fraction of sp³-hybridized carbons (Fsp3) is 0.222. The molecule has 0 amide bonds. The van der Waals surface area contributed by atoms with Crippen molar-refractivity contribution < 1.29 is 48.2 Å². The minimum atomic E-state index is -3.79. The predicted octanol–water partition coefficient (Wildman–Crippen LogP) is -2.38.